The van der Waals surface area contributed by atoms with Crippen molar-refractivity contribution < 1.29 is 14.1 Å². The van der Waals surface area contributed by atoms with Crippen LogP contribution in [0.4, 0.5) is 5.13 Å². The maximum Gasteiger partial charge on any atom is 0.347 e. The van der Waals surface area contributed by atoms with Crippen LogP contribution in [0.1, 0.15) is 28.7 Å². The van der Waals surface area contributed by atoms with Crippen LogP contribution in [-0.2, 0) is 10.8 Å². The molecule has 0 radical (unpaired) electrons. The molecule has 1 heterocycles. The third-order valence-electron chi connectivity index (χ3n) is 2.20. The molecule has 96 valence electrons. The van der Waals surface area contributed by atoms with E-state index in [1.807, 2.05) is 6.92 Å². The van der Waals surface area contributed by atoms with Crippen LogP contribution in [0.15, 0.2) is 0 Å². The van der Waals surface area contributed by atoms with E-state index in [2.05, 4.69) is 10.3 Å². The quantitative estimate of drug-likeness (QED) is 0.827. The molecule has 1 aromatic rings. The van der Waals surface area contributed by atoms with Gasteiger partial charge in [-0.05, 0) is 20.3 Å². The average Bonchev–Trinajstić information content (AvgIpc) is 2.56. The molecule has 5 nitrogen and oxygen atoms in total. The molecule has 2 N–H and O–H groups in total. The maximum absolute atomic E-state index is 10.9. The number of aromatic carboxylic acids is 1. The average molecular weight is 276 g/mol. The lowest BCUT2D eigenvalue weighted by Crippen LogP contribution is -2.17. The second-order valence-electron chi connectivity index (χ2n) is 3.85. The van der Waals surface area contributed by atoms with Crippen molar-refractivity contribution in [1.82, 2.24) is 4.98 Å². The summed E-state index contributed by atoms with van der Waals surface area (Å²) in [6.45, 7) is 3.64. The molecular weight excluding hydrogens is 260 g/mol. The summed E-state index contributed by atoms with van der Waals surface area (Å²) in [5.74, 6) is -0.319. The van der Waals surface area contributed by atoms with Gasteiger partial charge in [-0.1, -0.05) is 11.3 Å². The van der Waals surface area contributed by atoms with E-state index in [1.165, 1.54) is 0 Å². The second-order valence-corrected chi connectivity index (χ2v) is 6.40. The fraction of sp³-hybridized carbons (Fsp3) is 0.600. The Morgan fingerprint density at radius 3 is 2.76 bits per heavy atom. The first-order chi connectivity index (χ1) is 7.90. The predicted molar refractivity (Wildman–Crippen MR) is 70.4 cm³/mol. The second kappa shape index (κ2) is 6.11. The molecule has 0 saturated carbocycles. The Morgan fingerprint density at radius 2 is 2.29 bits per heavy atom. The normalized spacial score (nSPS) is 14.3. The Labute approximate surface area is 107 Å². The summed E-state index contributed by atoms with van der Waals surface area (Å²) in [5.41, 5.74) is 0.524. The number of hydrogen-bond donors (Lipinski definition) is 2. The van der Waals surface area contributed by atoms with E-state index < -0.39 is 16.8 Å². The molecule has 0 amide bonds. The first-order valence-electron chi connectivity index (χ1n) is 5.17. The molecule has 2 unspecified atom stereocenters. The molecule has 0 aromatic carbocycles. The van der Waals surface area contributed by atoms with Crippen LogP contribution >= 0.6 is 11.3 Å². The third-order valence-corrected chi connectivity index (χ3v) is 4.09. The molecule has 0 aliphatic rings. The van der Waals surface area contributed by atoms with Gasteiger partial charge in [0.25, 0.3) is 0 Å². The predicted octanol–water partition coefficient (Wildman–Crippen LogP) is 1.72. The van der Waals surface area contributed by atoms with Crippen LogP contribution in [0.2, 0.25) is 0 Å². The van der Waals surface area contributed by atoms with E-state index in [0.29, 0.717) is 16.6 Å². The minimum atomic E-state index is -0.949. The summed E-state index contributed by atoms with van der Waals surface area (Å²) in [4.78, 5) is 15.3. The molecule has 7 heteroatoms. The zero-order valence-corrected chi connectivity index (χ0v) is 11.7. The van der Waals surface area contributed by atoms with Gasteiger partial charge in [-0.25, -0.2) is 9.78 Å². The van der Waals surface area contributed by atoms with Gasteiger partial charge in [0.1, 0.15) is 4.88 Å². The number of thiazole rings is 1. The van der Waals surface area contributed by atoms with E-state index in [-0.39, 0.29) is 10.9 Å². The van der Waals surface area contributed by atoms with Crippen LogP contribution in [-0.4, -0.2) is 38.3 Å². The highest BCUT2D eigenvalue weighted by molar-refractivity contribution is 7.84. The number of carboxylic acid groups (broad SMARTS) is 1. The molecule has 0 aliphatic heterocycles. The number of nitrogens with zero attached hydrogens (tertiary/aromatic N) is 1. The number of carbonyl (C=O) groups is 1. The van der Waals surface area contributed by atoms with Gasteiger partial charge in [-0.2, -0.15) is 0 Å². The summed E-state index contributed by atoms with van der Waals surface area (Å²) in [5, 5.41) is 12.6. The van der Waals surface area contributed by atoms with E-state index >= 15 is 0 Å². The number of nitrogens with one attached hydrogen (secondary N) is 1. The van der Waals surface area contributed by atoms with Crippen LogP contribution < -0.4 is 5.32 Å². The Morgan fingerprint density at radius 1 is 1.65 bits per heavy atom. The number of rotatable bonds is 6. The van der Waals surface area contributed by atoms with Gasteiger partial charge in [-0.15, -0.1) is 0 Å². The Hall–Kier alpha value is -0.950. The number of carboxylic acids is 1. The molecule has 0 aliphatic carbocycles. The van der Waals surface area contributed by atoms with Crippen molar-refractivity contribution in [2.24, 2.45) is 0 Å². The van der Waals surface area contributed by atoms with Gasteiger partial charge in [-0.3, -0.25) is 4.21 Å². The SMILES string of the molecule is Cc1nc(NC(C)CCS(C)=O)sc1C(=O)O. The van der Waals surface area contributed by atoms with Crippen molar-refractivity contribution in [1.29, 1.82) is 0 Å². The zero-order chi connectivity index (χ0) is 13.0. The zero-order valence-electron chi connectivity index (χ0n) is 10.0. The molecule has 0 saturated heterocycles. The van der Waals surface area contributed by atoms with Gasteiger partial charge >= 0.3 is 5.97 Å². The molecule has 0 fully saturated rings. The van der Waals surface area contributed by atoms with E-state index in [0.717, 1.165) is 17.8 Å². The summed E-state index contributed by atoms with van der Waals surface area (Å²) in [6.07, 6.45) is 2.44. The van der Waals surface area contributed by atoms with E-state index in [9.17, 15) is 9.00 Å². The van der Waals surface area contributed by atoms with E-state index in [1.54, 1.807) is 13.2 Å². The highest BCUT2D eigenvalue weighted by atomic mass is 32.2. The summed E-state index contributed by atoms with van der Waals surface area (Å²) in [6, 6.07) is 0.131. The first kappa shape index (κ1) is 14.1. The lowest BCUT2D eigenvalue weighted by molar-refractivity contribution is 0.0701. The third kappa shape index (κ3) is 4.43. The van der Waals surface area contributed by atoms with Gasteiger partial charge < -0.3 is 10.4 Å². The number of hydrogen-bond acceptors (Lipinski definition) is 5. The van der Waals surface area contributed by atoms with E-state index in [4.69, 9.17) is 5.11 Å². The van der Waals surface area contributed by atoms with Crippen molar-refractivity contribution in [2.75, 3.05) is 17.3 Å². The molecular formula is C10H16N2O3S2. The van der Waals surface area contributed by atoms with Crippen molar-refractivity contribution in [3.8, 4) is 0 Å². The number of anilines is 1. The molecule has 0 bridgehead atoms. The molecule has 2 atom stereocenters. The molecule has 17 heavy (non-hydrogen) atoms. The van der Waals surface area contributed by atoms with Crippen LogP contribution in [0.25, 0.3) is 0 Å². The smallest absolute Gasteiger partial charge is 0.347 e. The van der Waals surface area contributed by atoms with Gasteiger partial charge in [0.15, 0.2) is 5.13 Å². The number of aromatic nitrogens is 1. The monoisotopic (exact) mass is 276 g/mol. The van der Waals surface area contributed by atoms with Gasteiger partial charge in [0.2, 0.25) is 0 Å². The Balaban J connectivity index is 2.59. The minimum Gasteiger partial charge on any atom is -0.477 e. The summed E-state index contributed by atoms with van der Waals surface area (Å²) >= 11 is 1.13. The van der Waals surface area contributed by atoms with Crippen LogP contribution in [0, 0.1) is 6.92 Å². The maximum atomic E-state index is 10.9. The lowest BCUT2D eigenvalue weighted by Gasteiger charge is -2.11. The highest BCUT2D eigenvalue weighted by Crippen LogP contribution is 2.23. The van der Waals surface area contributed by atoms with Crippen molar-refractivity contribution in [3.05, 3.63) is 10.6 Å². The Bertz CT molecular complexity index is 431. The minimum absolute atomic E-state index is 0.131. The fourth-order valence-corrected chi connectivity index (χ4v) is 2.88. The lowest BCUT2D eigenvalue weighted by atomic mass is 10.3. The number of aryl methyl sites for hydroxylation is 1. The fourth-order valence-electron chi connectivity index (χ4n) is 1.28. The first-order valence-corrected chi connectivity index (χ1v) is 7.71. The molecule has 0 spiro atoms. The summed E-state index contributed by atoms with van der Waals surface area (Å²) in [7, 11) is -0.802. The Kier molecular flexibility index (Phi) is 5.07. The van der Waals surface area contributed by atoms with Crippen LogP contribution in [0.3, 0.4) is 0 Å². The van der Waals surface area contributed by atoms with Crippen molar-refractivity contribution >= 4 is 33.2 Å². The molecule has 1 rings (SSSR count). The van der Waals surface area contributed by atoms with Gasteiger partial charge in [0.05, 0.1) is 5.69 Å². The van der Waals surface area contributed by atoms with Crippen molar-refractivity contribution in [2.45, 2.75) is 26.3 Å². The molecule has 1 aromatic heterocycles. The standard InChI is InChI=1S/C10H16N2O3S2/c1-6(4-5-17(3)15)11-10-12-7(2)8(16-10)9(13)14/h6H,4-5H2,1-3H3,(H,11,12)(H,13,14). The van der Waals surface area contributed by atoms with Gasteiger partial charge in [0, 0.05) is 28.9 Å². The summed E-state index contributed by atoms with van der Waals surface area (Å²) < 4.78 is 10.9. The van der Waals surface area contributed by atoms with Crippen LogP contribution in [0.5, 0.6) is 0 Å². The largest absolute Gasteiger partial charge is 0.477 e. The highest BCUT2D eigenvalue weighted by Gasteiger charge is 2.15. The van der Waals surface area contributed by atoms with Crippen molar-refractivity contribution in [3.63, 3.8) is 0 Å². The topological polar surface area (TPSA) is 79.3 Å².